The number of rotatable bonds is 4. The number of nitrogens with one attached hydrogen (secondary N) is 1. The summed E-state index contributed by atoms with van der Waals surface area (Å²) in [7, 11) is 0. The van der Waals surface area contributed by atoms with Crippen molar-refractivity contribution in [1.82, 2.24) is 0 Å². The lowest BCUT2D eigenvalue weighted by Gasteiger charge is -2.23. The monoisotopic (exact) mass is 260 g/mol. The molecule has 0 aromatic heterocycles. The maximum absolute atomic E-state index is 11.1. The third-order valence-corrected chi connectivity index (χ3v) is 2.60. The maximum Gasteiger partial charge on any atom is 0.333 e. The number of hydrogen-bond acceptors (Lipinski definition) is 5. The lowest BCUT2D eigenvalue weighted by atomic mass is 10.1. The predicted octanol–water partition coefficient (Wildman–Crippen LogP) is -0.0646. The molecule has 1 heterocycles. The van der Waals surface area contributed by atoms with Gasteiger partial charge >= 0.3 is 5.97 Å². The van der Waals surface area contributed by atoms with Gasteiger partial charge in [-0.05, 0) is 26.2 Å². The molecule has 1 aliphatic rings. The predicted molar refractivity (Wildman–Crippen MR) is 65.5 cm³/mol. The standard InChI is InChI=1S/C11H19NO2.NO3/c1-10(2)11(13)14-9-8-12-6-4-3-5-7-12;2-1(3)4/h1,3-9H2,2H3;/q;-1/p+1. The Balaban J connectivity index is 0.000000631. The van der Waals surface area contributed by atoms with Gasteiger partial charge in [-0.1, -0.05) is 6.58 Å². The van der Waals surface area contributed by atoms with Crippen LogP contribution in [-0.4, -0.2) is 37.3 Å². The van der Waals surface area contributed by atoms with Crippen LogP contribution in [0, 0.1) is 15.3 Å². The molecule has 7 nitrogen and oxygen atoms in total. The fourth-order valence-electron chi connectivity index (χ4n) is 1.71. The highest BCUT2D eigenvalue weighted by Crippen LogP contribution is 1.94. The minimum Gasteiger partial charge on any atom is -0.456 e. The van der Waals surface area contributed by atoms with Gasteiger partial charge in [-0.25, -0.2) is 4.79 Å². The van der Waals surface area contributed by atoms with Crippen molar-refractivity contribution in [3.63, 3.8) is 0 Å². The Labute approximate surface area is 106 Å². The van der Waals surface area contributed by atoms with E-state index in [1.54, 1.807) is 11.8 Å². The van der Waals surface area contributed by atoms with Crippen molar-refractivity contribution in [3.05, 3.63) is 27.5 Å². The van der Waals surface area contributed by atoms with Crippen LogP contribution in [0.1, 0.15) is 26.2 Å². The molecule has 0 radical (unpaired) electrons. The van der Waals surface area contributed by atoms with E-state index in [9.17, 15) is 4.79 Å². The van der Waals surface area contributed by atoms with Crippen molar-refractivity contribution in [2.75, 3.05) is 26.2 Å². The van der Waals surface area contributed by atoms with E-state index in [4.69, 9.17) is 20.1 Å². The first-order valence-corrected chi connectivity index (χ1v) is 5.91. The quantitative estimate of drug-likeness (QED) is 0.330. The van der Waals surface area contributed by atoms with Crippen LogP contribution in [0.4, 0.5) is 0 Å². The zero-order valence-electron chi connectivity index (χ0n) is 10.6. The zero-order chi connectivity index (χ0) is 14.0. The van der Waals surface area contributed by atoms with Crippen molar-refractivity contribution in [2.24, 2.45) is 0 Å². The molecule has 104 valence electrons. The van der Waals surface area contributed by atoms with Crippen LogP contribution < -0.4 is 4.90 Å². The number of esters is 1. The van der Waals surface area contributed by atoms with E-state index in [1.807, 2.05) is 0 Å². The molecule has 0 aromatic carbocycles. The van der Waals surface area contributed by atoms with E-state index in [2.05, 4.69) is 6.58 Å². The molecule has 0 saturated carbocycles. The van der Waals surface area contributed by atoms with E-state index in [0.717, 1.165) is 6.54 Å². The lowest BCUT2D eigenvalue weighted by Crippen LogP contribution is -3.13. The Morgan fingerprint density at radius 2 is 1.83 bits per heavy atom. The molecule has 1 N–H and O–H groups in total. The van der Waals surface area contributed by atoms with Gasteiger partial charge in [0.05, 0.1) is 18.2 Å². The summed E-state index contributed by atoms with van der Waals surface area (Å²) in [6, 6.07) is 0. The second kappa shape index (κ2) is 9.41. The van der Waals surface area contributed by atoms with E-state index in [1.165, 1.54) is 32.4 Å². The van der Waals surface area contributed by atoms with Gasteiger partial charge in [0.25, 0.3) is 0 Å². The molecule has 0 atom stereocenters. The average Bonchev–Trinajstić information content (AvgIpc) is 2.29. The third kappa shape index (κ3) is 9.59. The van der Waals surface area contributed by atoms with Gasteiger partial charge in [0.2, 0.25) is 0 Å². The molecule has 18 heavy (non-hydrogen) atoms. The summed E-state index contributed by atoms with van der Waals surface area (Å²) in [4.78, 5) is 20.9. The summed E-state index contributed by atoms with van der Waals surface area (Å²) < 4.78 is 5.05. The van der Waals surface area contributed by atoms with Crippen molar-refractivity contribution in [2.45, 2.75) is 26.2 Å². The van der Waals surface area contributed by atoms with E-state index < -0.39 is 5.09 Å². The van der Waals surface area contributed by atoms with E-state index in [-0.39, 0.29) is 5.97 Å². The van der Waals surface area contributed by atoms with Gasteiger partial charge in [-0.2, -0.15) is 0 Å². The molecular formula is C11H20N2O5. The Morgan fingerprint density at radius 3 is 2.28 bits per heavy atom. The highest BCUT2D eigenvalue weighted by Gasteiger charge is 2.13. The number of nitrogens with zero attached hydrogens (tertiary/aromatic N) is 1. The SMILES string of the molecule is C=C(C)C(=O)OCC[NH+]1CCCCC1.O=[N+]([O-])[O-]. The number of piperidine rings is 1. The molecule has 0 aliphatic carbocycles. The highest BCUT2D eigenvalue weighted by molar-refractivity contribution is 5.86. The smallest absolute Gasteiger partial charge is 0.333 e. The fourth-order valence-corrected chi connectivity index (χ4v) is 1.71. The summed E-state index contributed by atoms with van der Waals surface area (Å²) in [6.45, 7) is 9.14. The van der Waals surface area contributed by atoms with Crippen LogP contribution in [0.2, 0.25) is 0 Å². The molecule has 0 amide bonds. The summed E-state index contributed by atoms with van der Waals surface area (Å²) >= 11 is 0. The average molecular weight is 260 g/mol. The number of quaternary nitrogens is 1. The molecule has 1 fully saturated rings. The first-order chi connectivity index (χ1) is 8.43. The fraction of sp³-hybridized carbons (Fsp3) is 0.727. The maximum atomic E-state index is 11.1. The molecule has 0 spiro atoms. The third-order valence-electron chi connectivity index (χ3n) is 2.60. The Hall–Kier alpha value is -1.63. The topological polar surface area (TPSA) is 96.9 Å². The molecule has 1 rings (SSSR count). The normalized spacial score (nSPS) is 15.2. The number of carbonyl (C=O) groups excluding carboxylic acids is 1. The van der Waals surface area contributed by atoms with Gasteiger partial charge in [-0.15, -0.1) is 0 Å². The van der Waals surface area contributed by atoms with Crippen LogP contribution in [0.25, 0.3) is 0 Å². The van der Waals surface area contributed by atoms with Gasteiger partial charge in [0.1, 0.15) is 13.2 Å². The molecule has 0 aromatic rings. The first kappa shape index (κ1) is 16.4. The van der Waals surface area contributed by atoms with Crippen molar-refractivity contribution in [1.29, 1.82) is 0 Å². The molecule has 0 bridgehead atoms. The van der Waals surface area contributed by atoms with Crippen LogP contribution >= 0.6 is 0 Å². The van der Waals surface area contributed by atoms with Gasteiger partial charge in [0.15, 0.2) is 0 Å². The van der Waals surface area contributed by atoms with Crippen LogP contribution in [0.3, 0.4) is 0 Å². The van der Waals surface area contributed by atoms with Gasteiger partial charge in [-0.3, -0.25) is 0 Å². The van der Waals surface area contributed by atoms with E-state index in [0.29, 0.717) is 12.2 Å². The largest absolute Gasteiger partial charge is 0.456 e. The Kier molecular flexibility index (Phi) is 8.55. The number of carbonyl (C=O) groups is 1. The lowest BCUT2D eigenvalue weighted by molar-refractivity contribution is -0.905. The number of hydrogen-bond donors (Lipinski definition) is 1. The zero-order valence-corrected chi connectivity index (χ0v) is 10.6. The van der Waals surface area contributed by atoms with Crippen LogP contribution in [0.15, 0.2) is 12.2 Å². The van der Waals surface area contributed by atoms with Gasteiger partial charge in [0, 0.05) is 5.57 Å². The summed E-state index contributed by atoms with van der Waals surface area (Å²) in [6.07, 6.45) is 3.97. The van der Waals surface area contributed by atoms with Gasteiger partial charge < -0.3 is 25.0 Å². The Bertz CT molecular complexity index is 283. The summed E-state index contributed by atoms with van der Waals surface area (Å²) in [5.74, 6) is -0.263. The summed E-state index contributed by atoms with van der Waals surface area (Å²) in [5, 5.41) is 14.8. The Morgan fingerprint density at radius 1 is 1.33 bits per heavy atom. The van der Waals surface area contributed by atoms with Crippen molar-refractivity contribution >= 4 is 5.97 Å². The molecule has 1 saturated heterocycles. The van der Waals surface area contributed by atoms with Crippen LogP contribution in [0.5, 0.6) is 0 Å². The number of ether oxygens (including phenoxy) is 1. The van der Waals surface area contributed by atoms with Crippen molar-refractivity contribution in [3.8, 4) is 0 Å². The van der Waals surface area contributed by atoms with Crippen LogP contribution in [-0.2, 0) is 9.53 Å². The minimum absolute atomic E-state index is 0.263. The number of likely N-dealkylation sites (tertiary alicyclic amines) is 1. The molecule has 1 aliphatic heterocycles. The van der Waals surface area contributed by atoms with Crippen molar-refractivity contribution < 1.29 is 19.5 Å². The molecule has 0 unspecified atom stereocenters. The summed E-state index contributed by atoms with van der Waals surface area (Å²) in [5.41, 5.74) is 0.485. The second-order valence-electron chi connectivity index (χ2n) is 4.20. The van der Waals surface area contributed by atoms with E-state index >= 15 is 0 Å². The molecular weight excluding hydrogens is 240 g/mol. The first-order valence-electron chi connectivity index (χ1n) is 5.91. The highest BCUT2D eigenvalue weighted by atomic mass is 16.9. The molecule has 7 heteroatoms. The second-order valence-corrected chi connectivity index (χ2v) is 4.20. The minimum atomic E-state index is -1.75.